The fourth-order valence-corrected chi connectivity index (χ4v) is 1.28. The van der Waals surface area contributed by atoms with Crippen molar-refractivity contribution >= 4 is 5.78 Å². The molecule has 0 bridgehead atoms. The molecule has 16 heavy (non-hydrogen) atoms. The zero-order valence-corrected chi connectivity index (χ0v) is 8.92. The third-order valence-corrected chi connectivity index (χ3v) is 2.46. The fraction of sp³-hybridized carbons (Fsp3) is 0.417. The average molecular weight is 230 g/mol. The highest BCUT2D eigenvalue weighted by molar-refractivity contribution is 5.95. The van der Waals surface area contributed by atoms with Crippen LogP contribution >= 0.6 is 0 Å². The van der Waals surface area contributed by atoms with Gasteiger partial charge in [0.2, 0.25) is 0 Å². The van der Waals surface area contributed by atoms with Crippen LogP contribution in [0.4, 0.5) is 13.2 Å². The number of hydrogen-bond donors (Lipinski definition) is 0. The molecule has 0 saturated heterocycles. The standard InChI is InChI=1S/C12H13F3O/c1-9(12(13,14)15)7-8-11(16)10-5-3-2-4-6-10/h2-6,9H,7-8H2,1H3. The first kappa shape index (κ1) is 12.7. The van der Waals surface area contributed by atoms with E-state index in [-0.39, 0.29) is 18.6 Å². The lowest BCUT2D eigenvalue weighted by molar-refractivity contribution is -0.170. The Morgan fingerprint density at radius 2 is 1.81 bits per heavy atom. The van der Waals surface area contributed by atoms with Gasteiger partial charge < -0.3 is 0 Å². The summed E-state index contributed by atoms with van der Waals surface area (Å²) in [7, 11) is 0. The Morgan fingerprint density at radius 1 is 1.25 bits per heavy atom. The van der Waals surface area contributed by atoms with Crippen molar-refractivity contribution < 1.29 is 18.0 Å². The molecule has 1 atom stereocenters. The fourth-order valence-electron chi connectivity index (χ4n) is 1.28. The van der Waals surface area contributed by atoms with Gasteiger partial charge in [0.15, 0.2) is 5.78 Å². The molecule has 1 nitrogen and oxygen atoms in total. The Balaban J connectivity index is 2.48. The zero-order valence-electron chi connectivity index (χ0n) is 8.92. The SMILES string of the molecule is CC(CCC(=O)c1ccccc1)C(F)(F)F. The van der Waals surface area contributed by atoms with Crippen LogP contribution < -0.4 is 0 Å². The first-order valence-electron chi connectivity index (χ1n) is 5.06. The lowest BCUT2D eigenvalue weighted by atomic mass is 10.00. The zero-order chi connectivity index (χ0) is 12.2. The van der Waals surface area contributed by atoms with Gasteiger partial charge in [-0.05, 0) is 6.42 Å². The molecule has 88 valence electrons. The molecule has 0 saturated carbocycles. The van der Waals surface area contributed by atoms with E-state index in [1.54, 1.807) is 30.3 Å². The van der Waals surface area contributed by atoms with Gasteiger partial charge in [-0.3, -0.25) is 4.79 Å². The van der Waals surface area contributed by atoms with Gasteiger partial charge in [-0.25, -0.2) is 0 Å². The summed E-state index contributed by atoms with van der Waals surface area (Å²) in [6.45, 7) is 1.10. The van der Waals surface area contributed by atoms with Gasteiger partial charge in [0.25, 0.3) is 0 Å². The molecule has 0 heterocycles. The van der Waals surface area contributed by atoms with Gasteiger partial charge in [0, 0.05) is 12.0 Å². The van der Waals surface area contributed by atoms with Crippen LogP contribution in [0.5, 0.6) is 0 Å². The molecule has 0 radical (unpaired) electrons. The van der Waals surface area contributed by atoms with Crippen molar-refractivity contribution in [3.63, 3.8) is 0 Å². The molecule has 0 aliphatic carbocycles. The molecule has 0 amide bonds. The van der Waals surface area contributed by atoms with Crippen LogP contribution in [0.25, 0.3) is 0 Å². The van der Waals surface area contributed by atoms with Crippen molar-refractivity contribution in [1.29, 1.82) is 0 Å². The highest BCUT2D eigenvalue weighted by atomic mass is 19.4. The number of ketones is 1. The van der Waals surface area contributed by atoms with E-state index in [2.05, 4.69) is 0 Å². The van der Waals surface area contributed by atoms with Crippen LogP contribution in [0, 0.1) is 5.92 Å². The van der Waals surface area contributed by atoms with Crippen molar-refractivity contribution in [2.75, 3.05) is 0 Å². The second-order valence-electron chi connectivity index (χ2n) is 3.77. The van der Waals surface area contributed by atoms with E-state index in [1.807, 2.05) is 0 Å². The van der Waals surface area contributed by atoms with Crippen molar-refractivity contribution in [1.82, 2.24) is 0 Å². The van der Waals surface area contributed by atoms with Crippen LogP contribution in [0.2, 0.25) is 0 Å². The molecular weight excluding hydrogens is 217 g/mol. The number of alkyl halides is 3. The summed E-state index contributed by atoms with van der Waals surface area (Å²) in [5.74, 6) is -1.67. The number of rotatable bonds is 4. The molecule has 0 N–H and O–H groups in total. The van der Waals surface area contributed by atoms with E-state index < -0.39 is 12.1 Å². The average Bonchev–Trinajstić information content (AvgIpc) is 2.25. The number of benzene rings is 1. The summed E-state index contributed by atoms with van der Waals surface area (Å²) in [6, 6.07) is 8.37. The Morgan fingerprint density at radius 3 is 2.31 bits per heavy atom. The first-order chi connectivity index (χ1) is 7.41. The maximum atomic E-state index is 12.2. The summed E-state index contributed by atoms with van der Waals surface area (Å²) in [5, 5.41) is 0. The molecule has 1 unspecified atom stereocenters. The molecule has 4 heteroatoms. The van der Waals surface area contributed by atoms with Crippen LogP contribution in [-0.2, 0) is 0 Å². The van der Waals surface area contributed by atoms with Crippen molar-refractivity contribution in [2.45, 2.75) is 25.9 Å². The van der Waals surface area contributed by atoms with E-state index in [4.69, 9.17) is 0 Å². The maximum Gasteiger partial charge on any atom is 0.391 e. The summed E-state index contributed by atoms with van der Waals surface area (Å²) in [5.41, 5.74) is 0.469. The number of halogens is 3. The molecule has 1 aromatic carbocycles. The van der Waals surface area contributed by atoms with Crippen LogP contribution in [0.1, 0.15) is 30.1 Å². The molecule has 1 rings (SSSR count). The van der Waals surface area contributed by atoms with Crippen molar-refractivity contribution in [3.8, 4) is 0 Å². The number of carbonyl (C=O) groups is 1. The highest BCUT2D eigenvalue weighted by Crippen LogP contribution is 2.29. The summed E-state index contributed by atoms with van der Waals surface area (Å²) in [4.78, 5) is 11.5. The van der Waals surface area contributed by atoms with E-state index >= 15 is 0 Å². The lowest BCUT2D eigenvalue weighted by Crippen LogP contribution is -2.20. The Bertz CT molecular complexity index is 343. The Hall–Kier alpha value is -1.32. The third kappa shape index (κ3) is 3.68. The number of hydrogen-bond acceptors (Lipinski definition) is 1. The van der Waals surface area contributed by atoms with E-state index in [9.17, 15) is 18.0 Å². The monoisotopic (exact) mass is 230 g/mol. The second-order valence-corrected chi connectivity index (χ2v) is 3.77. The van der Waals surface area contributed by atoms with Gasteiger partial charge in [0.1, 0.15) is 0 Å². The molecule has 0 aliphatic heterocycles. The minimum atomic E-state index is -4.21. The van der Waals surface area contributed by atoms with Gasteiger partial charge in [-0.1, -0.05) is 37.3 Å². The van der Waals surface area contributed by atoms with Gasteiger partial charge in [-0.15, -0.1) is 0 Å². The number of carbonyl (C=O) groups excluding carboxylic acids is 1. The minimum absolute atomic E-state index is 0.0648. The predicted molar refractivity (Wildman–Crippen MR) is 55.2 cm³/mol. The van der Waals surface area contributed by atoms with Crippen LogP contribution in [-0.4, -0.2) is 12.0 Å². The van der Waals surface area contributed by atoms with Gasteiger partial charge >= 0.3 is 6.18 Å². The largest absolute Gasteiger partial charge is 0.391 e. The van der Waals surface area contributed by atoms with E-state index in [1.165, 1.54) is 0 Å². The van der Waals surface area contributed by atoms with E-state index in [0.717, 1.165) is 6.92 Å². The molecular formula is C12H13F3O. The van der Waals surface area contributed by atoms with Crippen molar-refractivity contribution in [3.05, 3.63) is 35.9 Å². The summed E-state index contributed by atoms with van der Waals surface area (Å²) in [6.07, 6.45) is -4.43. The van der Waals surface area contributed by atoms with Crippen LogP contribution in [0.15, 0.2) is 30.3 Å². The first-order valence-corrected chi connectivity index (χ1v) is 5.06. The maximum absolute atomic E-state index is 12.2. The minimum Gasteiger partial charge on any atom is -0.294 e. The normalized spacial score (nSPS) is 13.5. The quantitative estimate of drug-likeness (QED) is 0.718. The second kappa shape index (κ2) is 5.14. The Kier molecular flexibility index (Phi) is 4.10. The van der Waals surface area contributed by atoms with Gasteiger partial charge in [0.05, 0.1) is 5.92 Å². The van der Waals surface area contributed by atoms with Crippen LogP contribution in [0.3, 0.4) is 0 Å². The third-order valence-electron chi connectivity index (χ3n) is 2.46. The molecule has 0 aromatic heterocycles. The predicted octanol–water partition coefficient (Wildman–Crippen LogP) is 3.85. The van der Waals surface area contributed by atoms with E-state index in [0.29, 0.717) is 5.56 Å². The molecule has 0 aliphatic rings. The lowest BCUT2D eigenvalue weighted by Gasteiger charge is -2.14. The number of Topliss-reactive ketones (excluding diaryl/α,β-unsaturated/α-hetero) is 1. The van der Waals surface area contributed by atoms with Gasteiger partial charge in [-0.2, -0.15) is 13.2 Å². The molecule has 0 fully saturated rings. The summed E-state index contributed by atoms with van der Waals surface area (Å²) < 4.78 is 36.6. The topological polar surface area (TPSA) is 17.1 Å². The smallest absolute Gasteiger partial charge is 0.294 e. The Labute approximate surface area is 92.3 Å². The highest BCUT2D eigenvalue weighted by Gasteiger charge is 2.35. The summed E-state index contributed by atoms with van der Waals surface area (Å²) >= 11 is 0. The van der Waals surface area contributed by atoms with Crippen molar-refractivity contribution in [2.24, 2.45) is 5.92 Å². The molecule has 0 spiro atoms. The molecule has 1 aromatic rings.